The smallest absolute Gasteiger partial charge is 0.0984 e. The van der Waals surface area contributed by atoms with E-state index in [0.717, 1.165) is 0 Å². The Balaban J connectivity index is 2.59. The van der Waals surface area contributed by atoms with E-state index in [-0.39, 0.29) is 0 Å². The third-order valence-corrected chi connectivity index (χ3v) is 2.99. The monoisotopic (exact) mass is 266 g/mol. The lowest BCUT2D eigenvalue weighted by molar-refractivity contribution is 0.194. The molecule has 1 atom stereocenters. The standard InChI is InChI=1S/C8H15IN2/c1-4-5-11-7(2)10(3)6-8(11)9/h6-7H,4-5H2,1-3H3. The van der Waals surface area contributed by atoms with Gasteiger partial charge >= 0.3 is 0 Å². The number of hydrogen-bond acceptors (Lipinski definition) is 2. The third-order valence-electron chi connectivity index (χ3n) is 2.09. The van der Waals surface area contributed by atoms with Crippen LogP contribution in [0.25, 0.3) is 0 Å². The van der Waals surface area contributed by atoms with E-state index in [9.17, 15) is 0 Å². The summed E-state index contributed by atoms with van der Waals surface area (Å²) in [5.41, 5.74) is 0. The molecule has 0 bridgehead atoms. The van der Waals surface area contributed by atoms with Gasteiger partial charge in [-0.15, -0.1) is 0 Å². The zero-order chi connectivity index (χ0) is 8.43. The summed E-state index contributed by atoms with van der Waals surface area (Å²) in [4.78, 5) is 4.66. The van der Waals surface area contributed by atoms with Crippen LogP contribution in [0.2, 0.25) is 0 Å². The van der Waals surface area contributed by atoms with Crippen molar-refractivity contribution < 1.29 is 0 Å². The van der Waals surface area contributed by atoms with E-state index < -0.39 is 0 Å². The highest BCUT2D eigenvalue weighted by atomic mass is 127. The molecule has 0 radical (unpaired) electrons. The molecule has 0 saturated heterocycles. The lowest BCUT2D eigenvalue weighted by Gasteiger charge is -2.27. The minimum atomic E-state index is 0.543. The summed E-state index contributed by atoms with van der Waals surface area (Å²) in [5.74, 6) is 0. The fourth-order valence-corrected chi connectivity index (χ4v) is 2.37. The molecule has 0 saturated carbocycles. The first-order chi connectivity index (χ1) is 5.16. The van der Waals surface area contributed by atoms with Crippen LogP contribution in [-0.2, 0) is 0 Å². The molecule has 1 aliphatic heterocycles. The first-order valence-electron chi connectivity index (χ1n) is 4.02. The summed E-state index contributed by atoms with van der Waals surface area (Å²) in [6.07, 6.45) is 3.96. The number of nitrogens with zero attached hydrogens (tertiary/aromatic N) is 2. The van der Waals surface area contributed by atoms with Crippen LogP contribution in [0.3, 0.4) is 0 Å². The quantitative estimate of drug-likeness (QED) is 0.558. The van der Waals surface area contributed by atoms with E-state index in [1.165, 1.54) is 16.7 Å². The molecule has 0 N–H and O–H groups in total. The Morgan fingerprint density at radius 3 is 2.64 bits per heavy atom. The molecular weight excluding hydrogens is 251 g/mol. The number of hydrogen-bond donors (Lipinski definition) is 0. The number of halogens is 1. The lowest BCUT2D eigenvalue weighted by Crippen LogP contribution is -2.34. The van der Waals surface area contributed by atoms with E-state index in [0.29, 0.717) is 6.17 Å². The van der Waals surface area contributed by atoms with Crippen LogP contribution >= 0.6 is 22.6 Å². The normalized spacial score (nSPS) is 24.4. The summed E-state index contributed by atoms with van der Waals surface area (Å²) in [7, 11) is 2.12. The molecule has 1 rings (SSSR count). The topological polar surface area (TPSA) is 6.48 Å². The molecule has 11 heavy (non-hydrogen) atoms. The molecule has 0 aliphatic carbocycles. The fraction of sp³-hybridized carbons (Fsp3) is 0.750. The third kappa shape index (κ3) is 1.80. The van der Waals surface area contributed by atoms with Gasteiger partial charge in [0.1, 0.15) is 0 Å². The Morgan fingerprint density at radius 1 is 1.64 bits per heavy atom. The maximum absolute atomic E-state index is 2.42. The second-order valence-electron chi connectivity index (χ2n) is 2.94. The molecule has 3 heteroatoms. The molecule has 0 aromatic carbocycles. The van der Waals surface area contributed by atoms with Crippen LogP contribution < -0.4 is 0 Å². The Kier molecular flexibility index (Phi) is 3.04. The highest BCUT2D eigenvalue weighted by molar-refractivity contribution is 14.1. The average molecular weight is 266 g/mol. The van der Waals surface area contributed by atoms with E-state index in [2.05, 4.69) is 59.5 Å². The van der Waals surface area contributed by atoms with Gasteiger partial charge in [-0.2, -0.15) is 0 Å². The molecule has 0 aromatic heterocycles. The predicted octanol–water partition coefficient (Wildman–Crippen LogP) is 2.22. The van der Waals surface area contributed by atoms with E-state index in [1.54, 1.807) is 0 Å². The van der Waals surface area contributed by atoms with Crippen LogP contribution in [0.4, 0.5) is 0 Å². The van der Waals surface area contributed by atoms with Gasteiger partial charge in [0.2, 0.25) is 0 Å². The minimum absolute atomic E-state index is 0.543. The van der Waals surface area contributed by atoms with E-state index in [1.807, 2.05) is 0 Å². The van der Waals surface area contributed by atoms with Crippen molar-refractivity contribution in [2.75, 3.05) is 13.6 Å². The molecule has 2 nitrogen and oxygen atoms in total. The van der Waals surface area contributed by atoms with E-state index in [4.69, 9.17) is 0 Å². The molecule has 1 aliphatic rings. The van der Waals surface area contributed by atoms with Crippen molar-refractivity contribution in [3.63, 3.8) is 0 Å². The van der Waals surface area contributed by atoms with Crippen LogP contribution in [0.15, 0.2) is 9.90 Å². The van der Waals surface area contributed by atoms with Gasteiger partial charge in [0.05, 0.1) is 9.87 Å². The number of rotatable bonds is 2. The van der Waals surface area contributed by atoms with Crippen molar-refractivity contribution in [1.29, 1.82) is 0 Å². The van der Waals surface area contributed by atoms with Gasteiger partial charge in [-0.1, -0.05) is 6.92 Å². The van der Waals surface area contributed by atoms with Gasteiger partial charge in [0, 0.05) is 19.8 Å². The Labute approximate surface area is 82.4 Å². The maximum Gasteiger partial charge on any atom is 0.0984 e. The Hall–Kier alpha value is 0.0700. The van der Waals surface area contributed by atoms with Gasteiger partial charge in [-0.05, 0) is 35.9 Å². The highest BCUT2D eigenvalue weighted by Gasteiger charge is 2.22. The van der Waals surface area contributed by atoms with Crippen LogP contribution in [-0.4, -0.2) is 29.6 Å². The van der Waals surface area contributed by atoms with Crippen molar-refractivity contribution in [1.82, 2.24) is 9.80 Å². The summed E-state index contributed by atoms with van der Waals surface area (Å²) in [6.45, 7) is 5.62. The van der Waals surface area contributed by atoms with Crippen molar-refractivity contribution in [3.8, 4) is 0 Å². The SMILES string of the molecule is CCCN1C(I)=CN(C)C1C. The summed E-state index contributed by atoms with van der Waals surface area (Å²) >= 11 is 2.39. The maximum atomic E-state index is 2.42. The van der Waals surface area contributed by atoms with Crippen LogP contribution in [0, 0.1) is 0 Å². The van der Waals surface area contributed by atoms with Gasteiger partial charge < -0.3 is 9.80 Å². The summed E-state index contributed by atoms with van der Waals surface area (Å²) in [6, 6.07) is 0. The van der Waals surface area contributed by atoms with Crippen LogP contribution in [0.1, 0.15) is 20.3 Å². The Morgan fingerprint density at radius 2 is 2.27 bits per heavy atom. The second-order valence-corrected chi connectivity index (χ2v) is 4.05. The van der Waals surface area contributed by atoms with Gasteiger partial charge in [0.25, 0.3) is 0 Å². The van der Waals surface area contributed by atoms with Crippen molar-refractivity contribution >= 4 is 22.6 Å². The molecule has 64 valence electrons. The highest BCUT2D eigenvalue weighted by Crippen LogP contribution is 2.25. The molecule has 0 aromatic rings. The van der Waals surface area contributed by atoms with Crippen LogP contribution in [0.5, 0.6) is 0 Å². The molecule has 0 fully saturated rings. The zero-order valence-corrected chi connectivity index (χ0v) is 9.50. The van der Waals surface area contributed by atoms with Gasteiger partial charge in [0.15, 0.2) is 0 Å². The summed E-state index contributed by atoms with van der Waals surface area (Å²) in [5, 5.41) is 0. The van der Waals surface area contributed by atoms with Gasteiger partial charge in [-0.3, -0.25) is 0 Å². The Bertz CT molecular complexity index is 167. The average Bonchev–Trinajstić information content (AvgIpc) is 2.17. The first kappa shape index (κ1) is 9.16. The van der Waals surface area contributed by atoms with Gasteiger partial charge in [-0.25, -0.2) is 0 Å². The molecule has 0 spiro atoms. The molecule has 0 amide bonds. The molecule has 1 heterocycles. The lowest BCUT2D eigenvalue weighted by atomic mass is 10.4. The fourth-order valence-electron chi connectivity index (χ4n) is 1.28. The largest absolute Gasteiger partial charge is 0.358 e. The first-order valence-corrected chi connectivity index (χ1v) is 5.10. The molecular formula is C8H15IN2. The minimum Gasteiger partial charge on any atom is -0.358 e. The predicted molar refractivity (Wildman–Crippen MR) is 56.3 cm³/mol. The van der Waals surface area contributed by atoms with E-state index >= 15 is 0 Å². The van der Waals surface area contributed by atoms with Crippen molar-refractivity contribution in [3.05, 3.63) is 9.90 Å². The van der Waals surface area contributed by atoms with Crippen molar-refractivity contribution in [2.24, 2.45) is 0 Å². The zero-order valence-electron chi connectivity index (χ0n) is 7.34. The second kappa shape index (κ2) is 3.65. The summed E-state index contributed by atoms with van der Waals surface area (Å²) < 4.78 is 1.36. The van der Waals surface area contributed by atoms with Crippen molar-refractivity contribution in [2.45, 2.75) is 26.4 Å². The molecule has 1 unspecified atom stereocenters.